The van der Waals surface area contributed by atoms with E-state index in [1.807, 2.05) is 6.92 Å². The zero-order valence-corrected chi connectivity index (χ0v) is 18.7. The van der Waals surface area contributed by atoms with Crippen molar-refractivity contribution >= 4 is 29.9 Å². The lowest BCUT2D eigenvalue weighted by atomic mass is 10.3. The maximum atomic E-state index is 4.74. The Bertz CT molecular complexity index is 538. The molecule has 2 rings (SSSR count). The van der Waals surface area contributed by atoms with Gasteiger partial charge in [-0.05, 0) is 60.1 Å². The van der Waals surface area contributed by atoms with E-state index in [4.69, 9.17) is 4.99 Å². The number of nitrogens with zero attached hydrogens (tertiary/aromatic N) is 4. The Balaban J connectivity index is 0.00000312. The molecule has 1 aromatic rings. The quantitative estimate of drug-likeness (QED) is 0.256. The van der Waals surface area contributed by atoms with Crippen molar-refractivity contribution in [3.05, 3.63) is 17.5 Å². The van der Waals surface area contributed by atoms with Gasteiger partial charge in [0.1, 0.15) is 0 Å². The van der Waals surface area contributed by atoms with Gasteiger partial charge in [-0.2, -0.15) is 5.10 Å². The maximum absolute atomic E-state index is 4.74. The molecule has 1 aliphatic rings. The van der Waals surface area contributed by atoms with Crippen LogP contribution in [0.15, 0.2) is 11.1 Å². The molecular formula is C18H35IN6. The number of nitrogens with one attached hydrogen (secondary N) is 2. The largest absolute Gasteiger partial charge is 0.357 e. The third kappa shape index (κ3) is 7.52. The lowest BCUT2D eigenvalue weighted by Gasteiger charge is -2.23. The van der Waals surface area contributed by atoms with E-state index in [-0.39, 0.29) is 24.0 Å². The first kappa shape index (κ1) is 22.2. The van der Waals surface area contributed by atoms with Crippen molar-refractivity contribution in [3.63, 3.8) is 0 Å². The molecule has 144 valence electrons. The SMILES string of the molecule is CCNC(=NCC(C)N(C)C1CC1)NCCCn1nc(C)cc1C.I. The predicted molar refractivity (Wildman–Crippen MR) is 116 cm³/mol. The highest BCUT2D eigenvalue weighted by atomic mass is 127. The first-order valence-corrected chi connectivity index (χ1v) is 9.26. The third-order valence-electron chi connectivity index (χ3n) is 4.62. The van der Waals surface area contributed by atoms with Crippen LogP contribution in [-0.2, 0) is 6.54 Å². The van der Waals surface area contributed by atoms with Crippen LogP contribution in [0.2, 0.25) is 0 Å². The van der Waals surface area contributed by atoms with Gasteiger partial charge in [-0.15, -0.1) is 24.0 Å². The molecule has 0 saturated heterocycles. The summed E-state index contributed by atoms with van der Waals surface area (Å²) in [7, 11) is 2.21. The molecule has 2 N–H and O–H groups in total. The van der Waals surface area contributed by atoms with E-state index >= 15 is 0 Å². The first-order valence-electron chi connectivity index (χ1n) is 9.26. The number of aromatic nitrogens is 2. The molecule has 1 saturated carbocycles. The number of guanidine groups is 1. The number of aryl methyl sites for hydroxylation is 3. The summed E-state index contributed by atoms with van der Waals surface area (Å²) in [6.45, 7) is 12.1. The number of rotatable bonds is 9. The van der Waals surface area contributed by atoms with Crippen molar-refractivity contribution in [2.45, 2.75) is 65.6 Å². The third-order valence-corrected chi connectivity index (χ3v) is 4.62. The highest BCUT2D eigenvalue weighted by Gasteiger charge is 2.28. The summed E-state index contributed by atoms with van der Waals surface area (Å²) in [6.07, 6.45) is 3.72. The van der Waals surface area contributed by atoms with E-state index in [1.54, 1.807) is 0 Å². The van der Waals surface area contributed by atoms with Crippen LogP contribution in [-0.4, -0.2) is 59.4 Å². The normalized spacial score (nSPS) is 15.8. The molecule has 6 nitrogen and oxygen atoms in total. The number of likely N-dealkylation sites (N-methyl/N-ethyl adjacent to an activating group) is 1. The predicted octanol–water partition coefficient (Wildman–Crippen LogP) is 2.55. The van der Waals surface area contributed by atoms with Crippen molar-refractivity contribution in [3.8, 4) is 0 Å². The second-order valence-electron chi connectivity index (χ2n) is 6.90. The van der Waals surface area contributed by atoms with E-state index in [1.165, 1.54) is 18.5 Å². The van der Waals surface area contributed by atoms with Crippen LogP contribution >= 0.6 is 24.0 Å². The van der Waals surface area contributed by atoms with Gasteiger partial charge < -0.3 is 10.6 Å². The minimum Gasteiger partial charge on any atom is -0.357 e. The average molecular weight is 462 g/mol. The molecule has 7 heteroatoms. The van der Waals surface area contributed by atoms with E-state index in [0.717, 1.165) is 50.3 Å². The molecule has 1 aliphatic carbocycles. The molecule has 0 aromatic carbocycles. The van der Waals surface area contributed by atoms with Crippen molar-refractivity contribution in [2.24, 2.45) is 4.99 Å². The van der Waals surface area contributed by atoms with Crippen LogP contribution in [0.4, 0.5) is 0 Å². The Labute approximate surface area is 169 Å². The van der Waals surface area contributed by atoms with Gasteiger partial charge in [-0.25, -0.2) is 0 Å². The van der Waals surface area contributed by atoms with Gasteiger partial charge in [0.25, 0.3) is 0 Å². The summed E-state index contributed by atoms with van der Waals surface area (Å²) < 4.78 is 2.08. The van der Waals surface area contributed by atoms with Crippen LogP contribution in [0, 0.1) is 13.8 Å². The standard InChI is InChI=1S/C18H34N6.HI/c1-6-19-18(21-13-16(4)23(5)17-8-9-17)20-10-7-11-24-15(3)12-14(2)22-24;/h12,16-17H,6-11,13H2,1-5H3,(H2,19,20,21);1H. The van der Waals surface area contributed by atoms with Crippen LogP contribution in [0.5, 0.6) is 0 Å². The van der Waals surface area contributed by atoms with Crippen molar-refractivity contribution < 1.29 is 0 Å². The molecular weight excluding hydrogens is 427 g/mol. The summed E-state index contributed by atoms with van der Waals surface area (Å²) in [6, 6.07) is 3.39. The van der Waals surface area contributed by atoms with E-state index in [0.29, 0.717) is 6.04 Å². The molecule has 1 heterocycles. The Morgan fingerprint density at radius 3 is 2.68 bits per heavy atom. The second kappa shape index (κ2) is 11.0. The lowest BCUT2D eigenvalue weighted by molar-refractivity contribution is 0.253. The summed E-state index contributed by atoms with van der Waals surface area (Å²) in [5, 5.41) is 11.3. The molecule has 1 fully saturated rings. The lowest BCUT2D eigenvalue weighted by Crippen LogP contribution is -2.40. The Kier molecular flexibility index (Phi) is 9.78. The van der Waals surface area contributed by atoms with Gasteiger partial charge in [0, 0.05) is 37.4 Å². The molecule has 1 aromatic heterocycles. The Morgan fingerprint density at radius 2 is 2.12 bits per heavy atom. The monoisotopic (exact) mass is 462 g/mol. The fraction of sp³-hybridized carbons (Fsp3) is 0.778. The molecule has 0 aliphatic heterocycles. The molecule has 0 amide bonds. The number of hydrogen-bond acceptors (Lipinski definition) is 3. The van der Waals surface area contributed by atoms with Crippen LogP contribution in [0.25, 0.3) is 0 Å². The summed E-state index contributed by atoms with van der Waals surface area (Å²) >= 11 is 0. The van der Waals surface area contributed by atoms with Crippen molar-refractivity contribution in [1.29, 1.82) is 0 Å². The summed E-state index contributed by atoms with van der Waals surface area (Å²) in [5.41, 5.74) is 2.31. The van der Waals surface area contributed by atoms with E-state index in [2.05, 4.69) is 59.2 Å². The van der Waals surface area contributed by atoms with Gasteiger partial charge in [0.05, 0.1) is 12.2 Å². The smallest absolute Gasteiger partial charge is 0.191 e. The molecule has 0 bridgehead atoms. The fourth-order valence-electron chi connectivity index (χ4n) is 2.87. The Hall–Kier alpha value is -0.830. The minimum absolute atomic E-state index is 0. The van der Waals surface area contributed by atoms with Gasteiger partial charge in [-0.3, -0.25) is 14.6 Å². The van der Waals surface area contributed by atoms with Crippen LogP contribution < -0.4 is 10.6 Å². The number of aliphatic imine (C=N–C) groups is 1. The topological polar surface area (TPSA) is 57.5 Å². The molecule has 0 spiro atoms. The van der Waals surface area contributed by atoms with E-state index in [9.17, 15) is 0 Å². The number of halogens is 1. The second-order valence-corrected chi connectivity index (χ2v) is 6.90. The summed E-state index contributed by atoms with van der Waals surface area (Å²) in [4.78, 5) is 7.20. The number of hydrogen-bond donors (Lipinski definition) is 2. The first-order chi connectivity index (χ1) is 11.5. The minimum atomic E-state index is 0. The zero-order valence-electron chi connectivity index (χ0n) is 16.4. The van der Waals surface area contributed by atoms with E-state index < -0.39 is 0 Å². The van der Waals surface area contributed by atoms with Crippen LogP contribution in [0.1, 0.15) is 44.5 Å². The fourth-order valence-corrected chi connectivity index (χ4v) is 2.87. The maximum Gasteiger partial charge on any atom is 0.191 e. The molecule has 25 heavy (non-hydrogen) atoms. The van der Waals surface area contributed by atoms with Gasteiger partial charge >= 0.3 is 0 Å². The zero-order chi connectivity index (χ0) is 17.5. The van der Waals surface area contributed by atoms with Gasteiger partial charge in [-0.1, -0.05) is 0 Å². The Morgan fingerprint density at radius 1 is 1.40 bits per heavy atom. The average Bonchev–Trinajstić information content (AvgIpc) is 3.34. The molecule has 1 unspecified atom stereocenters. The van der Waals surface area contributed by atoms with Crippen molar-refractivity contribution in [1.82, 2.24) is 25.3 Å². The van der Waals surface area contributed by atoms with Gasteiger partial charge in [0.15, 0.2) is 5.96 Å². The van der Waals surface area contributed by atoms with Crippen LogP contribution in [0.3, 0.4) is 0 Å². The summed E-state index contributed by atoms with van der Waals surface area (Å²) in [5.74, 6) is 0.918. The molecule has 1 atom stereocenters. The highest BCUT2D eigenvalue weighted by molar-refractivity contribution is 14.0. The molecule has 0 radical (unpaired) electrons. The van der Waals surface area contributed by atoms with Gasteiger partial charge in [0.2, 0.25) is 0 Å². The van der Waals surface area contributed by atoms with Crippen molar-refractivity contribution in [2.75, 3.05) is 26.7 Å². The highest BCUT2D eigenvalue weighted by Crippen LogP contribution is 2.26.